The van der Waals surface area contributed by atoms with Gasteiger partial charge in [0.05, 0.1) is 16.2 Å². The summed E-state index contributed by atoms with van der Waals surface area (Å²) >= 11 is 8.92. The number of ether oxygens (including phenoxy) is 1. The molecule has 21 heavy (non-hydrogen) atoms. The summed E-state index contributed by atoms with van der Waals surface area (Å²) in [5.74, 6) is -0.723. The van der Waals surface area contributed by atoms with E-state index in [1.165, 1.54) is 12.1 Å². The van der Waals surface area contributed by atoms with Gasteiger partial charge in [-0.05, 0) is 33.5 Å². The number of carbonyl (C=O) groups is 1. The highest BCUT2D eigenvalue weighted by molar-refractivity contribution is 9.10. The molecule has 0 bridgehead atoms. The van der Waals surface area contributed by atoms with E-state index in [0.29, 0.717) is 0 Å². The van der Waals surface area contributed by atoms with E-state index in [2.05, 4.69) is 26.0 Å². The van der Waals surface area contributed by atoms with Gasteiger partial charge in [-0.3, -0.25) is 4.79 Å². The molecule has 0 fully saturated rings. The smallest absolute Gasteiger partial charge is 0.387 e. The molecule has 0 aromatic heterocycles. The van der Waals surface area contributed by atoms with Crippen LogP contribution in [-0.2, 0) is 4.79 Å². The number of nitrogens with two attached hydrogens (primary N) is 1. The Morgan fingerprint density at radius 2 is 2.00 bits per heavy atom. The van der Waals surface area contributed by atoms with Gasteiger partial charge < -0.3 is 15.8 Å². The molecule has 1 atom stereocenters. The number of amides is 1. The summed E-state index contributed by atoms with van der Waals surface area (Å²) in [5.41, 5.74) is 5.37. The van der Waals surface area contributed by atoms with Crippen molar-refractivity contribution in [3.63, 3.8) is 0 Å². The molecule has 0 saturated carbocycles. The van der Waals surface area contributed by atoms with Gasteiger partial charge >= 0.3 is 6.61 Å². The standard InChI is InChI=1S/C13H16BrClF2N2O2/c1-13(2,3)10(18)11(20)19-8-5-6(15)4-7(14)9(8)21-12(16)17/h4-5,10,12H,18H2,1-3H3,(H,19,20). The van der Waals surface area contributed by atoms with Crippen LogP contribution >= 0.6 is 27.5 Å². The Bertz CT molecular complexity index is 536. The lowest BCUT2D eigenvalue weighted by Crippen LogP contribution is -2.45. The summed E-state index contributed by atoms with van der Waals surface area (Å²) in [6.07, 6.45) is 0. The molecule has 1 rings (SSSR count). The van der Waals surface area contributed by atoms with Gasteiger partial charge in [-0.25, -0.2) is 0 Å². The predicted molar refractivity (Wildman–Crippen MR) is 81.8 cm³/mol. The zero-order chi connectivity index (χ0) is 16.4. The summed E-state index contributed by atoms with van der Waals surface area (Å²) < 4.78 is 29.5. The fourth-order valence-electron chi connectivity index (χ4n) is 1.47. The van der Waals surface area contributed by atoms with Crippen LogP contribution in [0.1, 0.15) is 20.8 Å². The van der Waals surface area contributed by atoms with Gasteiger partial charge in [0.25, 0.3) is 0 Å². The molecule has 1 aromatic carbocycles. The van der Waals surface area contributed by atoms with Crippen LogP contribution in [0.5, 0.6) is 5.75 Å². The van der Waals surface area contributed by atoms with Gasteiger partial charge in [0.1, 0.15) is 0 Å². The van der Waals surface area contributed by atoms with E-state index in [9.17, 15) is 13.6 Å². The fourth-order valence-corrected chi connectivity index (χ4v) is 2.37. The molecular weight excluding hydrogens is 370 g/mol. The average Bonchev–Trinajstić information content (AvgIpc) is 2.30. The highest BCUT2D eigenvalue weighted by atomic mass is 79.9. The van der Waals surface area contributed by atoms with E-state index in [0.717, 1.165) is 0 Å². The van der Waals surface area contributed by atoms with Crippen molar-refractivity contribution in [3.8, 4) is 5.75 Å². The predicted octanol–water partition coefficient (Wildman–Crippen LogP) is 4.02. The average molecular weight is 386 g/mol. The van der Waals surface area contributed by atoms with Crippen molar-refractivity contribution < 1.29 is 18.3 Å². The molecule has 1 unspecified atom stereocenters. The number of anilines is 1. The molecule has 118 valence electrons. The Morgan fingerprint density at radius 3 is 2.48 bits per heavy atom. The number of halogens is 4. The van der Waals surface area contributed by atoms with Gasteiger partial charge in [-0.2, -0.15) is 8.78 Å². The fraction of sp³-hybridized carbons (Fsp3) is 0.462. The number of rotatable bonds is 4. The zero-order valence-corrected chi connectivity index (χ0v) is 14.1. The summed E-state index contributed by atoms with van der Waals surface area (Å²) in [6.45, 7) is 2.35. The lowest BCUT2D eigenvalue weighted by molar-refractivity contribution is -0.119. The van der Waals surface area contributed by atoms with Crippen LogP contribution in [0.15, 0.2) is 16.6 Å². The minimum atomic E-state index is -3.03. The maximum absolute atomic E-state index is 12.5. The highest BCUT2D eigenvalue weighted by Gasteiger charge is 2.28. The number of hydrogen-bond donors (Lipinski definition) is 2. The second-order valence-electron chi connectivity index (χ2n) is 5.48. The molecule has 0 aliphatic rings. The molecule has 0 spiro atoms. The van der Waals surface area contributed by atoms with E-state index < -0.39 is 24.0 Å². The third-order valence-electron chi connectivity index (χ3n) is 2.69. The first-order chi connectivity index (χ1) is 9.52. The molecule has 1 amide bonds. The topological polar surface area (TPSA) is 64.4 Å². The molecule has 0 aliphatic heterocycles. The van der Waals surface area contributed by atoms with Gasteiger partial charge in [-0.15, -0.1) is 0 Å². The third-order valence-corrected chi connectivity index (χ3v) is 3.50. The normalized spacial score (nSPS) is 13.2. The van der Waals surface area contributed by atoms with E-state index in [4.69, 9.17) is 17.3 Å². The van der Waals surface area contributed by atoms with Crippen molar-refractivity contribution in [2.75, 3.05) is 5.32 Å². The van der Waals surface area contributed by atoms with Gasteiger partial charge in [0.2, 0.25) is 5.91 Å². The third kappa shape index (κ3) is 5.09. The molecule has 1 aromatic rings. The lowest BCUT2D eigenvalue weighted by atomic mass is 9.87. The van der Waals surface area contributed by atoms with Gasteiger partial charge in [0, 0.05) is 5.02 Å². The molecular formula is C13H16BrClF2N2O2. The molecule has 8 heteroatoms. The van der Waals surface area contributed by atoms with E-state index in [1.807, 2.05) is 0 Å². The SMILES string of the molecule is CC(C)(C)C(N)C(=O)Nc1cc(Cl)cc(Br)c1OC(F)F. The quantitative estimate of drug-likeness (QED) is 0.823. The maximum atomic E-state index is 12.5. The van der Waals surface area contributed by atoms with E-state index in [-0.39, 0.29) is 20.9 Å². The number of benzene rings is 1. The van der Waals surface area contributed by atoms with Crippen LogP contribution in [0.4, 0.5) is 14.5 Å². The van der Waals surface area contributed by atoms with Crippen molar-refractivity contribution in [3.05, 3.63) is 21.6 Å². The van der Waals surface area contributed by atoms with Crippen LogP contribution < -0.4 is 15.8 Å². The molecule has 0 aliphatic carbocycles. The zero-order valence-electron chi connectivity index (χ0n) is 11.7. The minimum absolute atomic E-state index is 0.0272. The van der Waals surface area contributed by atoms with Crippen molar-refractivity contribution in [1.82, 2.24) is 0 Å². The first-order valence-corrected chi connectivity index (χ1v) is 7.19. The second kappa shape index (κ2) is 6.89. The second-order valence-corrected chi connectivity index (χ2v) is 6.77. The Hall–Kier alpha value is -0.920. The minimum Gasteiger partial charge on any atom is -0.431 e. The largest absolute Gasteiger partial charge is 0.431 e. The van der Waals surface area contributed by atoms with Crippen LogP contribution in [0.25, 0.3) is 0 Å². The van der Waals surface area contributed by atoms with Gasteiger partial charge in [-0.1, -0.05) is 32.4 Å². The van der Waals surface area contributed by atoms with Crippen molar-refractivity contribution >= 4 is 39.1 Å². The van der Waals surface area contributed by atoms with Crippen molar-refractivity contribution in [2.24, 2.45) is 11.1 Å². The number of hydrogen-bond acceptors (Lipinski definition) is 3. The maximum Gasteiger partial charge on any atom is 0.387 e. The van der Waals surface area contributed by atoms with Crippen molar-refractivity contribution in [1.29, 1.82) is 0 Å². The van der Waals surface area contributed by atoms with Crippen LogP contribution in [-0.4, -0.2) is 18.6 Å². The monoisotopic (exact) mass is 384 g/mol. The van der Waals surface area contributed by atoms with Crippen molar-refractivity contribution in [2.45, 2.75) is 33.4 Å². The number of carbonyl (C=O) groups excluding carboxylic acids is 1. The molecule has 0 saturated heterocycles. The van der Waals surface area contributed by atoms with E-state index in [1.54, 1.807) is 20.8 Å². The molecule has 4 nitrogen and oxygen atoms in total. The Balaban J connectivity index is 3.09. The first-order valence-electron chi connectivity index (χ1n) is 6.02. The Kier molecular flexibility index (Phi) is 5.95. The van der Waals surface area contributed by atoms with Crippen LogP contribution in [0, 0.1) is 5.41 Å². The first kappa shape index (κ1) is 18.1. The molecule has 3 N–H and O–H groups in total. The highest BCUT2D eigenvalue weighted by Crippen LogP contribution is 2.37. The Morgan fingerprint density at radius 1 is 1.43 bits per heavy atom. The number of nitrogens with one attached hydrogen (secondary N) is 1. The van der Waals surface area contributed by atoms with Crippen LogP contribution in [0.3, 0.4) is 0 Å². The summed E-state index contributed by atoms with van der Waals surface area (Å²) in [7, 11) is 0. The van der Waals surface area contributed by atoms with Crippen LogP contribution in [0.2, 0.25) is 5.02 Å². The molecule has 0 radical (unpaired) electrons. The summed E-state index contributed by atoms with van der Waals surface area (Å²) in [4.78, 5) is 12.1. The summed E-state index contributed by atoms with van der Waals surface area (Å²) in [5, 5.41) is 2.72. The number of alkyl halides is 2. The van der Waals surface area contributed by atoms with Gasteiger partial charge in [0.15, 0.2) is 5.75 Å². The Labute approximate surface area is 135 Å². The lowest BCUT2D eigenvalue weighted by Gasteiger charge is -2.26. The summed E-state index contributed by atoms with van der Waals surface area (Å²) in [6, 6.07) is 1.88. The molecule has 0 heterocycles. The van der Waals surface area contributed by atoms with E-state index >= 15 is 0 Å².